The fraction of sp³-hybridized carbons (Fsp3) is 0.300. The quantitative estimate of drug-likeness (QED) is 0.660. The molecule has 2 aliphatic heterocycles. The number of amides is 2. The molecule has 0 saturated carbocycles. The summed E-state index contributed by atoms with van der Waals surface area (Å²) in [4.78, 5) is 25.0. The van der Waals surface area contributed by atoms with E-state index in [0.717, 1.165) is 12.8 Å². The van der Waals surface area contributed by atoms with Crippen LogP contribution in [0, 0.1) is 0 Å². The smallest absolute Gasteiger partial charge is 0.269 e. The van der Waals surface area contributed by atoms with Gasteiger partial charge in [-0.2, -0.15) is 4.31 Å². The van der Waals surface area contributed by atoms with Gasteiger partial charge >= 0.3 is 0 Å². The van der Waals surface area contributed by atoms with Crippen LogP contribution in [-0.2, 0) is 24.8 Å². The predicted octanol–water partition coefficient (Wildman–Crippen LogP) is 1.26. The summed E-state index contributed by atoms with van der Waals surface area (Å²) in [5.41, 5.74) is 0.0518. The first kappa shape index (κ1) is 22.2. The van der Waals surface area contributed by atoms with Crippen molar-refractivity contribution in [2.75, 3.05) is 32.1 Å². The number of nitrogens with one attached hydrogen (secondary N) is 1. The summed E-state index contributed by atoms with van der Waals surface area (Å²) in [6, 6.07) is 9.76. The van der Waals surface area contributed by atoms with E-state index in [9.17, 15) is 26.4 Å². The minimum Gasteiger partial charge on any atom is -0.495 e. The van der Waals surface area contributed by atoms with E-state index in [1.165, 1.54) is 53.9 Å². The molecule has 1 fully saturated rings. The fourth-order valence-corrected chi connectivity index (χ4v) is 6.80. The second kappa shape index (κ2) is 8.19. The first-order chi connectivity index (χ1) is 15.2. The molecule has 12 heteroatoms. The van der Waals surface area contributed by atoms with Crippen molar-refractivity contribution in [1.82, 2.24) is 8.61 Å². The van der Waals surface area contributed by atoms with Crippen molar-refractivity contribution in [2.24, 2.45) is 0 Å². The van der Waals surface area contributed by atoms with Crippen molar-refractivity contribution in [3.05, 3.63) is 48.0 Å². The van der Waals surface area contributed by atoms with Crippen LogP contribution in [0.1, 0.15) is 23.2 Å². The number of rotatable bonds is 6. The molecule has 10 nitrogen and oxygen atoms in total. The summed E-state index contributed by atoms with van der Waals surface area (Å²) >= 11 is 0. The highest BCUT2D eigenvalue weighted by Gasteiger charge is 2.41. The number of carbonyl (C=O) groups excluding carboxylic acids is 2. The summed E-state index contributed by atoms with van der Waals surface area (Å²) in [5, 5.41) is 2.47. The zero-order valence-electron chi connectivity index (χ0n) is 17.1. The number of benzene rings is 2. The monoisotopic (exact) mass is 479 g/mol. The Morgan fingerprint density at radius 1 is 1.12 bits per heavy atom. The number of hydrogen-bond acceptors (Lipinski definition) is 7. The molecule has 0 bridgehead atoms. The average Bonchev–Trinajstić information content (AvgIpc) is 3.38. The van der Waals surface area contributed by atoms with Gasteiger partial charge in [-0.05, 0) is 43.2 Å². The Balaban J connectivity index is 1.58. The maximum Gasteiger partial charge on any atom is 0.269 e. The largest absolute Gasteiger partial charge is 0.495 e. The van der Waals surface area contributed by atoms with Crippen LogP contribution in [0.5, 0.6) is 5.75 Å². The van der Waals surface area contributed by atoms with Crippen LogP contribution in [0.15, 0.2) is 52.3 Å². The van der Waals surface area contributed by atoms with Gasteiger partial charge in [-0.15, -0.1) is 0 Å². The summed E-state index contributed by atoms with van der Waals surface area (Å²) in [7, 11) is -6.54. The van der Waals surface area contributed by atoms with Gasteiger partial charge in [-0.1, -0.05) is 12.1 Å². The predicted molar refractivity (Wildman–Crippen MR) is 114 cm³/mol. The minimum absolute atomic E-state index is 0.00316. The van der Waals surface area contributed by atoms with E-state index in [1.807, 2.05) is 0 Å². The first-order valence-electron chi connectivity index (χ1n) is 9.80. The third-order valence-corrected chi connectivity index (χ3v) is 9.03. The van der Waals surface area contributed by atoms with Crippen LogP contribution in [0.3, 0.4) is 0 Å². The van der Waals surface area contributed by atoms with E-state index in [-0.39, 0.29) is 26.8 Å². The number of fused-ring (bicyclic) bond motifs is 1. The Bertz CT molecular complexity index is 1300. The van der Waals surface area contributed by atoms with Crippen LogP contribution in [0.2, 0.25) is 0 Å². The van der Waals surface area contributed by atoms with Crippen molar-refractivity contribution in [1.29, 1.82) is 0 Å². The van der Waals surface area contributed by atoms with E-state index < -0.39 is 38.4 Å². The number of carbonyl (C=O) groups is 2. The number of ether oxygens (including phenoxy) is 1. The Hall–Kier alpha value is -2.96. The third kappa shape index (κ3) is 3.74. The molecule has 0 unspecified atom stereocenters. The molecule has 2 aliphatic rings. The second-order valence-electron chi connectivity index (χ2n) is 7.33. The number of sulfonamides is 2. The van der Waals surface area contributed by atoms with Gasteiger partial charge in [0.1, 0.15) is 17.2 Å². The number of nitrogens with zero attached hydrogens (tertiary/aromatic N) is 2. The molecule has 2 amide bonds. The molecule has 2 aromatic rings. The van der Waals surface area contributed by atoms with E-state index in [1.54, 1.807) is 0 Å². The van der Waals surface area contributed by atoms with Gasteiger partial charge in [0.2, 0.25) is 15.9 Å². The molecule has 4 rings (SSSR count). The molecule has 2 aromatic carbocycles. The third-order valence-electron chi connectivity index (χ3n) is 5.35. The molecule has 1 N–H and O–H groups in total. The SMILES string of the molecule is COc1ccc(S(=O)(=O)N2CCCC2)cc1NC(=O)CN1C(=O)c2ccccc2S1(=O)=O. The molecule has 0 aliphatic carbocycles. The molecule has 1 saturated heterocycles. The van der Waals surface area contributed by atoms with Crippen LogP contribution in [-0.4, -0.2) is 64.0 Å². The molecule has 32 heavy (non-hydrogen) atoms. The van der Waals surface area contributed by atoms with Crippen molar-refractivity contribution < 1.29 is 31.2 Å². The lowest BCUT2D eigenvalue weighted by Crippen LogP contribution is -2.37. The Kier molecular flexibility index (Phi) is 5.69. The van der Waals surface area contributed by atoms with Gasteiger partial charge in [0.05, 0.1) is 23.3 Å². The Morgan fingerprint density at radius 3 is 2.47 bits per heavy atom. The van der Waals surface area contributed by atoms with Crippen LogP contribution < -0.4 is 10.1 Å². The topological polar surface area (TPSA) is 130 Å². The van der Waals surface area contributed by atoms with E-state index >= 15 is 0 Å². The lowest BCUT2D eigenvalue weighted by molar-refractivity contribution is -0.116. The van der Waals surface area contributed by atoms with Crippen molar-refractivity contribution in [3.8, 4) is 5.75 Å². The van der Waals surface area contributed by atoms with Gasteiger partial charge in [-0.25, -0.2) is 21.1 Å². The first-order valence-corrected chi connectivity index (χ1v) is 12.7. The Labute approximate surface area is 185 Å². The molecule has 0 aromatic heterocycles. The molecular weight excluding hydrogens is 458 g/mol. The Morgan fingerprint density at radius 2 is 1.81 bits per heavy atom. The lowest BCUT2D eigenvalue weighted by atomic mass is 10.2. The normalized spacial score (nSPS) is 17.9. The van der Waals surface area contributed by atoms with Gasteiger partial charge in [0.15, 0.2) is 0 Å². The van der Waals surface area contributed by atoms with Crippen LogP contribution in [0.25, 0.3) is 0 Å². The molecule has 0 spiro atoms. The zero-order valence-corrected chi connectivity index (χ0v) is 18.8. The highest BCUT2D eigenvalue weighted by molar-refractivity contribution is 7.90. The van der Waals surface area contributed by atoms with Gasteiger partial charge in [0, 0.05) is 13.1 Å². The number of anilines is 1. The maximum absolute atomic E-state index is 12.8. The minimum atomic E-state index is -4.15. The van der Waals surface area contributed by atoms with E-state index in [2.05, 4.69) is 5.32 Å². The highest BCUT2D eigenvalue weighted by Crippen LogP contribution is 2.32. The van der Waals surface area contributed by atoms with Crippen LogP contribution in [0.4, 0.5) is 5.69 Å². The molecule has 2 heterocycles. The van der Waals surface area contributed by atoms with Gasteiger partial charge in [0.25, 0.3) is 15.9 Å². The summed E-state index contributed by atoms with van der Waals surface area (Å²) < 4.78 is 58.1. The lowest BCUT2D eigenvalue weighted by Gasteiger charge is -2.18. The van der Waals surface area contributed by atoms with Gasteiger partial charge < -0.3 is 10.1 Å². The van der Waals surface area contributed by atoms with Crippen LogP contribution >= 0.6 is 0 Å². The van der Waals surface area contributed by atoms with Crippen molar-refractivity contribution in [3.63, 3.8) is 0 Å². The fourth-order valence-electron chi connectivity index (χ4n) is 3.73. The van der Waals surface area contributed by atoms with Crippen molar-refractivity contribution in [2.45, 2.75) is 22.6 Å². The number of methoxy groups -OCH3 is 1. The van der Waals surface area contributed by atoms with Crippen molar-refractivity contribution >= 4 is 37.5 Å². The van der Waals surface area contributed by atoms with Gasteiger partial charge in [-0.3, -0.25) is 9.59 Å². The molecule has 0 radical (unpaired) electrons. The standard InChI is InChI=1S/C20H21N3O7S2/c1-30-17-9-8-14(31(26,27)22-10-4-5-11-22)12-16(17)21-19(24)13-23-20(25)15-6-2-3-7-18(15)32(23,28)29/h2-3,6-9,12H,4-5,10-11,13H2,1H3,(H,21,24). The zero-order chi connectivity index (χ0) is 23.1. The second-order valence-corrected chi connectivity index (χ2v) is 11.1. The average molecular weight is 480 g/mol. The summed E-state index contributed by atoms with van der Waals surface area (Å²) in [6.45, 7) is 0.0825. The summed E-state index contributed by atoms with van der Waals surface area (Å²) in [6.07, 6.45) is 1.55. The van der Waals surface area contributed by atoms with E-state index in [0.29, 0.717) is 17.4 Å². The van der Waals surface area contributed by atoms with E-state index in [4.69, 9.17) is 4.74 Å². The molecule has 0 atom stereocenters. The molecular formula is C20H21N3O7S2. The molecule has 170 valence electrons. The highest BCUT2D eigenvalue weighted by atomic mass is 32.2. The number of hydrogen-bond donors (Lipinski definition) is 1. The maximum atomic E-state index is 12.8. The summed E-state index contributed by atoms with van der Waals surface area (Å²) in [5.74, 6) is -1.42.